The molecule has 0 amide bonds. The maximum atomic E-state index is 13.2. The van der Waals surface area contributed by atoms with Crippen LogP contribution < -0.4 is 10.2 Å². The van der Waals surface area contributed by atoms with Gasteiger partial charge in [-0.25, -0.2) is 13.4 Å². The maximum absolute atomic E-state index is 13.2. The molecule has 6 aromatic rings. The number of nitrogens with one attached hydrogen (secondary N) is 1. The van der Waals surface area contributed by atoms with Crippen molar-refractivity contribution >= 4 is 87.0 Å². The number of benzene rings is 4. The number of sulfone groups is 1. The van der Waals surface area contributed by atoms with E-state index in [0.29, 0.717) is 4.21 Å². The summed E-state index contributed by atoms with van der Waals surface area (Å²) in [5.74, 6) is 0.883. The molecule has 0 unspecified atom stereocenters. The Hall–Kier alpha value is -3.01. The molecule has 0 atom stereocenters. The second-order valence-corrected chi connectivity index (χ2v) is 14.0. The number of rotatable bonds is 5. The Bertz CT molecular complexity index is 1940. The molecule has 1 fully saturated rings. The molecule has 9 heteroatoms. The van der Waals surface area contributed by atoms with Gasteiger partial charge in [0.2, 0.25) is 0 Å². The SMILES string of the molecule is BrCc1ccc2ccccc2c1.Cl.O=S(=O)(Cc1ccc2ccccc2c1)c1cc2c(N3CCNCC3)nccc2s1. The van der Waals surface area contributed by atoms with Crippen LogP contribution in [-0.2, 0) is 20.9 Å². The van der Waals surface area contributed by atoms with Crippen LogP contribution in [0.5, 0.6) is 0 Å². The van der Waals surface area contributed by atoms with Crippen LogP contribution in [0.3, 0.4) is 0 Å². The molecule has 1 aliphatic heterocycles. The molecule has 0 bridgehead atoms. The second-order valence-electron chi connectivity index (χ2n) is 10.1. The normalized spacial score (nSPS) is 13.5. The minimum atomic E-state index is -3.43. The first-order valence-corrected chi connectivity index (χ1v) is 17.2. The Morgan fingerprint density at radius 1 is 0.786 bits per heavy atom. The zero-order valence-electron chi connectivity index (χ0n) is 22.9. The second kappa shape index (κ2) is 13.5. The average Bonchev–Trinajstić information content (AvgIpc) is 3.47. The van der Waals surface area contributed by atoms with Crippen molar-refractivity contribution in [3.05, 3.63) is 114 Å². The summed E-state index contributed by atoms with van der Waals surface area (Å²) in [6.07, 6.45) is 1.77. The van der Waals surface area contributed by atoms with E-state index in [2.05, 4.69) is 73.6 Å². The lowest BCUT2D eigenvalue weighted by atomic mass is 10.1. The van der Waals surface area contributed by atoms with E-state index < -0.39 is 9.84 Å². The quantitative estimate of drug-likeness (QED) is 0.187. The molecule has 2 aromatic heterocycles. The van der Waals surface area contributed by atoms with E-state index in [9.17, 15) is 8.42 Å². The molecule has 1 aliphatic rings. The first-order valence-electron chi connectivity index (χ1n) is 13.6. The van der Waals surface area contributed by atoms with Gasteiger partial charge in [-0.3, -0.25) is 0 Å². The number of aromatic nitrogens is 1. The maximum Gasteiger partial charge on any atom is 0.191 e. The number of anilines is 1. The van der Waals surface area contributed by atoms with Crippen molar-refractivity contribution < 1.29 is 8.42 Å². The minimum Gasteiger partial charge on any atom is -0.354 e. The summed E-state index contributed by atoms with van der Waals surface area (Å²) >= 11 is 4.78. The molecule has 0 aliphatic carbocycles. The van der Waals surface area contributed by atoms with Gasteiger partial charge in [0.25, 0.3) is 0 Å². The van der Waals surface area contributed by atoms with Crippen LogP contribution >= 0.6 is 39.7 Å². The van der Waals surface area contributed by atoms with Crippen molar-refractivity contribution in [1.82, 2.24) is 10.3 Å². The van der Waals surface area contributed by atoms with Crippen LogP contribution in [0.1, 0.15) is 11.1 Å². The first-order chi connectivity index (χ1) is 20.0. The number of alkyl halides is 1. The zero-order valence-corrected chi connectivity index (χ0v) is 26.9. The highest BCUT2D eigenvalue weighted by molar-refractivity contribution is 9.08. The molecule has 5 nitrogen and oxygen atoms in total. The van der Waals surface area contributed by atoms with Crippen molar-refractivity contribution in [2.75, 3.05) is 31.1 Å². The van der Waals surface area contributed by atoms with Gasteiger partial charge in [-0.2, -0.15) is 0 Å². The molecule has 0 spiro atoms. The van der Waals surface area contributed by atoms with Gasteiger partial charge in [0.15, 0.2) is 9.84 Å². The topological polar surface area (TPSA) is 62.3 Å². The monoisotopic (exact) mass is 679 g/mol. The van der Waals surface area contributed by atoms with Crippen LogP contribution in [0.15, 0.2) is 107 Å². The molecule has 4 aromatic carbocycles. The number of thiophene rings is 1. The standard InChI is InChI=1S/C22H21N3O2S2.C11H9Br.ClH/c26-29(27,15-16-5-6-17-3-1-2-4-18(17)13-16)21-14-19-20(28-21)7-8-24-22(19)25-11-9-23-10-12-25;12-8-9-5-6-10-3-1-2-4-11(10)7-9;/h1-8,13-14,23H,9-12,15H2;1-7H,8H2;1H. The molecule has 3 heterocycles. The summed E-state index contributed by atoms with van der Waals surface area (Å²) < 4.78 is 27.7. The van der Waals surface area contributed by atoms with E-state index in [0.717, 1.165) is 63.7 Å². The van der Waals surface area contributed by atoms with E-state index in [1.54, 1.807) is 12.3 Å². The van der Waals surface area contributed by atoms with E-state index >= 15 is 0 Å². The number of fused-ring (bicyclic) bond motifs is 3. The number of piperazine rings is 1. The van der Waals surface area contributed by atoms with Gasteiger partial charge in [-0.15, -0.1) is 23.7 Å². The van der Waals surface area contributed by atoms with Crippen LogP contribution in [0.2, 0.25) is 0 Å². The fourth-order valence-corrected chi connectivity index (χ4v) is 8.29. The van der Waals surface area contributed by atoms with Gasteiger partial charge in [-0.05, 0) is 44.8 Å². The van der Waals surface area contributed by atoms with Gasteiger partial charge in [0, 0.05) is 47.8 Å². The van der Waals surface area contributed by atoms with E-state index in [1.165, 1.54) is 27.7 Å². The third-order valence-corrected chi connectivity index (χ3v) is 11.3. The van der Waals surface area contributed by atoms with Crippen molar-refractivity contribution in [3.8, 4) is 0 Å². The molecule has 1 saturated heterocycles. The Morgan fingerprint density at radius 3 is 2.02 bits per heavy atom. The summed E-state index contributed by atoms with van der Waals surface area (Å²) in [6.45, 7) is 3.58. The average molecular weight is 681 g/mol. The molecule has 216 valence electrons. The minimum absolute atomic E-state index is 0. The molecular formula is C33H31BrClN3O2S2. The van der Waals surface area contributed by atoms with Crippen molar-refractivity contribution in [2.24, 2.45) is 0 Å². The summed E-state index contributed by atoms with van der Waals surface area (Å²) in [4.78, 5) is 6.78. The Balaban J connectivity index is 0.000000228. The van der Waals surface area contributed by atoms with E-state index in [4.69, 9.17) is 0 Å². The third-order valence-electron chi connectivity index (χ3n) is 7.26. The van der Waals surface area contributed by atoms with Crippen LogP contribution in [0.4, 0.5) is 5.82 Å². The van der Waals surface area contributed by atoms with Gasteiger partial charge in [-0.1, -0.05) is 101 Å². The molecule has 7 rings (SSSR count). The number of halogens is 2. The highest BCUT2D eigenvalue weighted by atomic mass is 79.9. The van der Waals surface area contributed by atoms with Gasteiger partial charge in [0.1, 0.15) is 10.0 Å². The fourth-order valence-electron chi connectivity index (χ4n) is 5.15. The van der Waals surface area contributed by atoms with Crippen LogP contribution in [0, 0.1) is 0 Å². The predicted octanol–water partition coefficient (Wildman–Crippen LogP) is 7.99. The smallest absolute Gasteiger partial charge is 0.191 e. The van der Waals surface area contributed by atoms with Crippen LogP contribution in [0.25, 0.3) is 31.6 Å². The lowest BCUT2D eigenvalue weighted by molar-refractivity contribution is 0.586. The van der Waals surface area contributed by atoms with Crippen molar-refractivity contribution in [3.63, 3.8) is 0 Å². The highest BCUT2D eigenvalue weighted by Crippen LogP contribution is 2.35. The Morgan fingerprint density at radius 2 is 1.38 bits per heavy atom. The molecular weight excluding hydrogens is 650 g/mol. The Kier molecular flexibility index (Phi) is 9.81. The largest absolute Gasteiger partial charge is 0.354 e. The number of hydrogen-bond acceptors (Lipinski definition) is 6. The number of nitrogens with zero attached hydrogens (tertiary/aromatic N) is 2. The summed E-state index contributed by atoms with van der Waals surface area (Å²) in [6, 6.07) is 32.5. The molecule has 0 radical (unpaired) electrons. The molecule has 0 saturated carbocycles. The zero-order chi connectivity index (χ0) is 28.2. The lowest BCUT2D eigenvalue weighted by Crippen LogP contribution is -2.43. The number of hydrogen-bond donors (Lipinski definition) is 1. The predicted molar refractivity (Wildman–Crippen MR) is 183 cm³/mol. The Labute approximate surface area is 265 Å². The fraction of sp³-hybridized carbons (Fsp3) is 0.182. The molecule has 1 N–H and O–H groups in total. The molecule has 42 heavy (non-hydrogen) atoms. The van der Waals surface area contributed by atoms with Crippen molar-refractivity contribution in [1.29, 1.82) is 0 Å². The van der Waals surface area contributed by atoms with E-state index in [1.807, 2.05) is 48.5 Å². The lowest BCUT2D eigenvalue weighted by Gasteiger charge is -2.28. The first kappa shape index (κ1) is 30.4. The van der Waals surface area contributed by atoms with Gasteiger partial charge in [0.05, 0.1) is 5.75 Å². The number of pyridine rings is 1. The summed E-state index contributed by atoms with van der Waals surface area (Å²) in [7, 11) is -3.43. The summed E-state index contributed by atoms with van der Waals surface area (Å²) in [5, 5.41) is 9.99. The van der Waals surface area contributed by atoms with Crippen molar-refractivity contribution in [2.45, 2.75) is 15.3 Å². The van der Waals surface area contributed by atoms with Crippen LogP contribution in [-0.4, -0.2) is 39.6 Å². The van der Waals surface area contributed by atoms with Gasteiger partial charge >= 0.3 is 0 Å². The third kappa shape index (κ3) is 6.79. The van der Waals surface area contributed by atoms with E-state index in [-0.39, 0.29) is 18.2 Å². The highest BCUT2D eigenvalue weighted by Gasteiger charge is 2.22. The summed E-state index contributed by atoms with van der Waals surface area (Å²) in [5.41, 5.74) is 2.13. The van der Waals surface area contributed by atoms with Gasteiger partial charge < -0.3 is 10.2 Å².